The van der Waals surface area contributed by atoms with Crippen LogP contribution in [0.5, 0.6) is 0 Å². The number of halogens is 3. The Morgan fingerprint density at radius 2 is 1.96 bits per heavy atom. The van der Waals surface area contributed by atoms with Crippen molar-refractivity contribution in [2.75, 3.05) is 27.2 Å². The summed E-state index contributed by atoms with van der Waals surface area (Å²) in [5, 5.41) is 2.80. The van der Waals surface area contributed by atoms with Gasteiger partial charge in [-0.3, -0.25) is 15.0 Å². The van der Waals surface area contributed by atoms with Crippen LogP contribution in [0.25, 0.3) is 0 Å². The van der Waals surface area contributed by atoms with Crippen molar-refractivity contribution in [1.82, 2.24) is 15.1 Å². The summed E-state index contributed by atoms with van der Waals surface area (Å²) in [4.78, 5) is 20.7. The van der Waals surface area contributed by atoms with Crippen LogP contribution in [0.2, 0.25) is 0 Å². The molecule has 0 aliphatic carbocycles. The van der Waals surface area contributed by atoms with E-state index in [0.717, 1.165) is 6.07 Å². The van der Waals surface area contributed by atoms with Gasteiger partial charge in [0.25, 0.3) is 5.91 Å². The minimum absolute atomic E-state index is 0.0880. The predicted molar refractivity (Wildman–Crippen MR) is 88.0 cm³/mol. The summed E-state index contributed by atoms with van der Waals surface area (Å²) in [5.41, 5.74) is -0.739. The van der Waals surface area contributed by atoms with Crippen molar-refractivity contribution in [1.29, 1.82) is 0 Å². The number of rotatable bonds is 2. The molecular formula is C17H21F3N4O. The normalized spacial score (nSPS) is 20.5. The number of hydrogen-bond acceptors (Lipinski definition) is 4. The van der Waals surface area contributed by atoms with Crippen molar-refractivity contribution < 1.29 is 18.0 Å². The number of carbonyl (C=O) groups excluding carboxylic acids is 1. The van der Waals surface area contributed by atoms with Crippen LogP contribution in [-0.2, 0) is 17.5 Å². The van der Waals surface area contributed by atoms with Crippen LogP contribution < -0.4 is 5.32 Å². The van der Waals surface area contributed by atoms with Gasteiger partial charge in [0, 0.05) is 33.7 Å². The molecule has 1 aromatic carbocycles. The van der Waals surface area contributed by atoms with Crippen LogP contribution in [0.1, 0.15) is 24.0 Å². The highest BCUT2D eigenvalue weighted by Crippen LogP contribution is 2.32. The highest BCUT2D eigenvalue weighted by atomic mass is 19.4. The maximum atomic E-state index is 12.8. The van der Waals surface area contributed by atoms with Gasteiger partial charge in [-0.2, -0.15) is 13.2 Å². The molecule has 5 nitrogen and oxygen atoms in total. The Labute approximate surface area is 144 Å². The van der Waals surface area contributed by atoms with Gasteiger partial charge in [-0.05, 0) is 24.5 Å². The first-order chi connectivity index (χ1) is 11.7. The van der Waals surface area contributed by atoms with Crippen molar-refractivity contribution in [2.45, 2.75) is 31.1 Å². The molecular weight excluding hydrogens is 333 g/mol. The molecule has 1 aromatic rings. The number of hydrogen-bond donors (Lipinski definition) is 1. The topological polar surface area (TPSA) is 47.9 Å². The lowest BCUT2D eigenvalue weighted by molar-refractivity contribution is -0.137. The van der Waals surface area contributed by atoms with Crippen LogP contribution in [0, 0.1) is 0 Å². The third-order valence-corrected chi connectivity index (χ3v) is 4.74. The SMILES string of the molecule is CN(C)C1=NC2(CCN(Cc3cccc(C(F)(F)F)c3)CC2)C(=O)N1. The fourth-order valence-electron chi connectivity index (χ4n) is 3.24. The zero-order valence-electron chi connectivity index (χ0n) is 14.2. The number of nitrogens with one attached hydrogen (secondary N) is 1. The van der Waals surface area contributed by atoms with Crippen molar-refractivity contribution in [3.63, 3.8) is 0 Å². The van der Waals surface area contributed by atoms with E-state index in [4.69, 9.17) is 0 Å². The molecule has 1 amide bonds. The zero-order chi connectivity index (χ0) is 18.2. The minimum atomic E-state index is -4.33. The Balaban J connectivity index is 1.65. The first-order valence-corrected chi connectivity index (χ1v) is 8.17. The maximum Gasteiger partial charge on any atom is 0.416 e. The lowest BCUT2D eigenvalue weighted by atomic mass is 9.88. The number of alkyl halides is 3. The summed E-state index contributed by atoms with van der Waals surface area (Å²) in [6.45, 7) is 1.67. The Kier molecular flexibility index (Phi) is 4.49. The average Bonchev–Trinajstić information content (AvgIpc) is 2.86. The minimum Gasteiger partial charge on any atom is -0.349 e. The summed E-state index contributed by atoms with van der Waals surface area (Å²) in [6.07, 6.45) is -3.20. The molecule has 2 heterocycles. The Hall–Kier alpha value is -2.09. The molecule has 0 radical (unpaired) electrons. The van der Waals surface area contributed by atoms with E-state index in [1.807, 2.05) is 14.1 Å². The number of benzene rings is 1. The van der Waals surface area contributed by atoms with Gasteiger partial charge in [-0.1, -0.05) is 18.2 Å². The van der Waals surface area contributed by atoms with E-state index in [-0.39, 0.29) is 5.91 Å². The lowest BCUT2D eigenvalue weighted by Crippen LogP contribution is -2.49. The van der Waals surface area contributed by atoms with Crippen LogP contribution in [0.4, 0.5) is 13.2 Å². The quantitative estimate of drug-likeness (QED) is 0.885. The second kappa shape index (κ2) is 6.33. The van der Waals surface area contributed by atoms with Gasteiger partial charge in [0.1, 0.15) is 5.54 Å². The Bertz CT molecular complexity index is 691. The monoisotopic (exact) mass is 354 g/mol. The van der Waals surface area contributed by atoms with Crippen LogP contribution >= 0.6 is 0 Å². The van der Waals surface area contributed by atoms with E-state index < -0.39 is 17.3 Å². The summed E-state index contributed by atoms with van der Waals surface area (Å²) in [5.74, 6) is 0.478. The average molecular weight is 354 g/mol. The molecule has 2 aliphatic heterocycles. The van der Waals surface area contributed by atoms with Gasteiger partial charge in [0.05, 0.1) is 5.56 Å². The first kappa shape index (κ1) is 17.7. The van der Waals surface area contributed by atoms with E-state index in [1.165, 1.54) is 12.1 Å². The van der Waals surface area contributed by atoms with E-state index >= 15 is 0 Å². The molecule has 1 saturated heterocycles. The second-order valence-corrected chi connectivity index (χ2v) is 6.79. The molecule has 2 aliphatic rings. The summed E-state index contributed by atoms with van der Waals surface area (Å²) >= 11 is 0. The van der Waals surface area contributed by atoms with Crippen LogP contribution in [0.15, 0.2) is 29.3 Å². The fraction of sp³-hybridized carbons (Fsp3) is 0.529. The standard InChI is InChI=1S/C17H21F3N4O/c1-23(2)15-21-14(25)16(22-15)6-8-24(9-7-16)11-12-4-3-5-13(10-12)17(18,19)20/h3-5,10H,6-9,11H2,1-2H3,(H,21,22,25). The summed E-state index contributed by atoms with van der Waals surface area (Å²) in [6, 6.07) is 5.40. The number of carbonyl (C=O) groups is 1. The fourth-order valence-corrected chi connectivity index (χ4v) is 3.24. The molecule has 1 spiro atoms. The molecule has 1 fully saturated rings. The molecule has 0 unspecified atom stereocenters. The highest BCUT2D eigenvalue weighted by Gasteiger charge is 2.46. The number of guanidine groups is 1. The molecule has 0 atom stereocenters. The largest absolute Gasteiger partial charge is 0.416 e. The summed E-state index contributed by atoms with van der Waals surface area (Å²) < 4.78 is 38.4. The molecule has 1 N–H and O–H groups in total. The van der Waals surface area contributed by atoms with Crippen molar-refractivity contribution in [3.8, 4) is 0 Å². The predicted octanol–water partition coefficient (Wildman–Crippen LogP) is 2.09. The van der Waals surface area contributed by atoms with Crippen molar-refractivity contribution in [3.05, 3.63) is 35.4 Å². The van der Waals surface area contributed by atoms with E-state index in [2.05, 4.69) is 15.2 Å². The molecule has 136 valence electrons. The number of aliphatic imine (C=N–C) groups is 1. The second-order valence-electron chi connectivity index (χ2n) is 6.79. The van der Waals surface area contributed by atoms with Gasteiger partial charge < -0.3 is 4.90 Å². The number of amides is 1. The number of nitrogens with zero attached hydrogens (tertiary/aromatic N) is 3. The van der Waals surface area contributed by atoms with E-state index in [9.17, 15) is 18.0 Å². The van der Waals surface area contributed by atoms with E-state index in [1.54, 1.807) is 11.0 Å². The maximum absolute atomic E-state index is 12.8. The first-order valence-electron chi connectivity index (χ1n) is 8.17. The van der Waals surface area contributed by atoms with Crippen molar-refractivity contribution in [2.24, 2.45) is 4.99 Å². The molecule has 0 aromatic heterocycles. The highest BCUT2D eigenvalue weighted by molar-refractivity contribution is 6.07. The van der Waals surface area contributed by atoms with Crippen LogP contribution in [-0.4, -0.2) is 54.4 Å². The number of likely N-dealkylation sites (tertiary alicyclic amines) is 1. The lowest BCUT2D eigenvalue weighted by Gasteiger charge is -2.35. The molecule has 25 heavy (non-hydrogen) atoms. The Morgan fingerprint density at radius 3 is 2.52 bits per heavy atom. The van der Waals surface area contributed by atoms with E-state index in [0.29, 0.717) is 44.0 Å². The van der Waals surface area contributed by atoms with Crippen LogP contribution in [0.3, 0.4) is 0 Å². The smallest absolute Gasteiger partial charge is 0.349 e. The Morgan fingerprint density at radius 1 is 1.28 bits per heavy atom. The third kappa shape index (κ3) is 3.63. The molecule has 0 bridgehead atoms. The molecule has 8 heteroatoms. The van der Waals surface area contributed by atoms with Gasteiger partial charge >= 0.3 is 6.18 Å². The van der Waals surface area contributed by atoms with Gasteiger partial charge in [0.15, 0.2) is 0 Å². The third-order valence-electron chi connectivity index (χ3n) is 4.74. The van der Waals surface area contributed by atoms with Gasteiger partial charge in [0.2, 0.25) is 5.96 Å². The zero-order valence-corrected chi connectivity index (χ0v) is 14.2. The molecule has 3 rings (SSSR count). The van der Waals surface area contributed by atoms with Gasteiger partial charge in [-0.15, -0.1) is 0 Å². The van der Waals surface area contributed by atoms with Gasteiger partial charge in [-0.25, -0.2) is 4.99 Å². The molecule has 0 saturated carbocycles. The summed E-state index contributed by atoms with van der Waals surface area (Å²) in [7, 11) is 3.64. The number of piperidine rings is 1. The van der Waals surface area contributed by atoms with Crippen molar-refractivity contribution >= 4 is 11.9 Å².